The molecule has 10 heteroatoms. The van der Waals surface area contributed by atoms with Gasteiger partial charge in [0.2, 0.25) is 0 Å². The SMILES string of the molecule is CCc1ccc(-n2c(C(CC)N(Cc3ccco3)C(=O)c3ccc([N+](=O)[O-])cc3Cl)nc3ccccc3c2=O)cc1. The average Bonchev–Trinajstić information content (AvgIpc) is 3.50. The summed E-state index contributed by atoms with van der Waals surface area (Å²) in [6, 6.07) is 21.3. The Labute approximate surface area is 240 Å². The molecule has 0 fully saturated rings. The Bertz CT molecular complexity index is 1780. The molecule has 0 aliphatic carbocycles. The molecule has 9 nitrogen and oxygen atoms in total. The van der Waals surface area contributed by atoms with Crippen LogP contribution in [0.4, 0.5) is 5.69 Å². The maximum absolute atomic E-state index is 14.1. The third-order valence-electron chi connectivity index (χ3n) is 7.03. The first-order chi connectivity index (χ1) is 19.8. The molecule has 208 valence electrons. The van der Waals surface area contributed by atoms with E-state index in [0.717, 1.165) is 18.1 Å². The number of benzene rings is 3. The molecule has 2 aromatic heterocycles. The fourth-order valence-corrected chi connectivity index (χ4v) is 5.14. The first-order valence-electron chi connectivity index (χ1n) is 13.2. The highest BCUT2D eigenvalue weighted by atomic mass is 35.5. The van der Waals surface area contributed by atoms with Gasteiger partial charge in [0.15, 0.2) is 0 Å². The number of carbonyl (C=O) groups is 1. The molecular weight excluding hydrogens is 544 g/mol. The zero-order chi connectivity index (χ0) is 29.1. The third-order valence-corrected chi connectivity index (χ3v) is 7.34. The number of hydrogen-bond acceptors (Lipinski definition) is 6. The van der Waals surface area contributed by atoms with Crippen molar-refractivity contribution < 1.29 is 14.1 Å². The number of amides is 1. The Morgan fingerprint density at radius 2 is 1.83 bits per heavy atom. The van der Waals surface area contributed by atoms with Crippen molar-refractivity contribution in [2.75, 3.05) is 0 Å². The number of aromatic nitrogens is 2. The van der Waals surface area contributed by atoms with Crippen molar-refractivity contribution in [3.63, 3.8) is 0 Å². The van der Waals surface area contributed by atoms with E-state index in [1.165, 1.54) is 18.4 Å². The molecule has 1 amide bonds. The zero-order valence-electron chi connectivity index (χ0n) is 22.5. The molecular formula is C31H27ClN4O5. The summed E-state index contributed by atoms with van der Waals surface area (Å²) >= 11 is 6.40. The lowest BCUT2D eigenvalue weighted by molar-refractivity contribution is -0.384. The minimum absolute atomic E-state index is 0.0507. The summed E-state index contributed by atoms with van der Waals surface area (Å²) in [4.78, 5) is 45.3. The number of nitrogens with zero attached hydrogens (tertiary/aromatic N) is 4. The van der Waals surface area contributed by atoms with Crippen molar-refractivity contribution in [3.05, 3.63) is 133 Å². The highest BCUT2D eigenvalue weighted by Gasteiger charge is 2.32. The summed E-state index contributed by atoms with van der Waals surface area (Å²) in [5.41, 5.74) is 1.85. The van der Waals surface area contributed by atoms with Crippen LogP contribution < -0.4 is 5.56 Å². The second-order valence-electron chi connectivity index (χ2n) is 9.51. The second-order valence-corrected chi connectivity index (χ2v) is 9.91. The predicted octanol–water partition coefficient (Wildman–Crippen LogP) is 6.90. The van der Waals surface area contributed by atoms with Crippen LogP contribution in [-0.4, -0.2) is 25.3 Å². The minimum Gasteiger partial charge on any atom is -0.467 e. The number of furan rings is 1. The normalized spacial score (nSPS) is 11.9. The first-order valence-corrected chi connectivity index (χ1v) is 13.6. The molecule has 0 saturated heterocycles. The van der Waals surface area contributed by atoms with Gasteiger partial charge >= 0.3 is 0 Å². The molecule has 5 rings (SSSR count). The van der Waals surface area contributed by atoms with E-state index in [0.29, 0.717) is 34.6 Å². The predicted molar refractivity (Wildman–Crippen MR) is 156 cm³/mol. The van der Waals surface area contributed by atoms with Gasteiger partial charge in [0.05, 0.1) is 50.9 Å². The molecule has 1 atom stereocenters. The lowest BCUT2D eigenvalue weighted by Gasteiger charge is -2.32. The molecule has 3 aromatic carbocycles. The minimum atomic E-state index is -0.693. The van der Waals surface area contributed by atoms with Crippen LogP contribution in [0.1, 0.15) is 53.8 Å². The lowest BCUT2D eigenvalue weighted by atomic mass is 10.1. The van der Waals surface area contributed by atoms with E-state index in [2.05, 4.69) is 6.92 Å². The number of nitro groups is 1. The van der Waals surface area contributed by atoms with Crippen LogP contribution >= 0.6 is 11.6 Å². The van der Waals surface area contributed by atoms with Gasteiger partial charge in [0.1, 0.15) is 11.6 Å². The fraction of sp³-hybridized carbons (Fsp3) is 0.194. The number of aryl methyl sites for hydroxylation is 1. The molecule has 2 heterocycles. The average molecular weight is 571 g/mol. The van der Waals surface area contributed by atoms with E-state index in [-0.39, 0.29) is 28.4 Å². The van der Waals surface area contributed by atoms with Crippen LogP contribution in [0.15, 0.2) is 94.3 Å². The Morgan fingerprint density at radius 3 is 2.46 bits per heavy atom. The van der Waals surface area contributed by atoms with Crippen LogP contribution in [0.25, 0.3) is 16.6 Å². The third kappa shape index (κ3) is 5.49. The summed E-state index contributed by atoms with van der Waals surface area (Å²) in [5.74, 6) is 0.402. The number of para-hydroxylation sites is 1. The molecule has 0 aliphatic rings. The van der Waals surface area contributed by atoms with E-state index in [1.54, 1.807) is 39.8 Å². The van der Waals surface area contributed by atoms with Crippen LogP contribution in [-0.2, 0) is 13.0 Å². The van der Waals surface area contributed by atoms with Gasteiger partial charge in [-0.2, -0.15) is 0 Å². The van der Waals surface area contributed by atoms with Crippen LogP contribution in [0.3, 0.4) is 0 Å². The second kappa shape index (κ2) is 11.8. The zero-order valence-corrected chi connectivity index (χ0v) is 23.2. The number of rotatable bonds is 9. The van der Waals surface area contributed by atoms with Crippen molar-refractivity contribution in [2.45, 2.75) is 39.3 Å². The number of fused-ring (bicyclic) bond motifs is 1. The molecule has 5 aromatic rings. The molecule has 0 N–H and O–H groups in total. The van der Waals surface area contributed by atoms with Crippen LogP contribution in [0.2, 0.25) is 5.02 Å². The summed E-state index contributed by atoms with van der Waals surface area (Å²) in [6.07, 6.45) is 2.75. The van der Waals surface area contributed by atoms with Gasteiger partial charge in [-0.25, -0.2) is 4.98 Å². The standard InChI is InChI=1S/C31H27ClN4O5/c1-3-20-11-13-21(14-12-20)35-29(33-27-10-6-5-9-25(27)31(35)38)28(4-2)34(19-23-8-7-17-41-23)30(37)24-16-15-22(36(39)40)18-26(24)32/h5-18,28H,3-4,19H2,1-2H3. The Hall–Kier alpha value is -4.76. The molecule has 0 spiro atoms. The Kier molecular flexibility index (Phi) is 7.98. The largest absolute Gasteiger partial charge is 0.467 e. The number of carbonyl (C=O) groups excluding carboxylic acids is 1. The van der Waals surface area contributed by atoms with E-state index >= 15 is 0 Å². The van der Waals surface area contributed by atoms with Gasteiger partial charge in [0.25, 0.3) is 17.2 Å². The fourth-order valence-electron chi connectivity index (χ4n) is 4.89. The van der Waals surface area contributed by atoms with Crippen molar-refractivity contribution in [1.82, 2.24) is 14.5 Å². The molecule has 41 heavy (non-hydrogen) atoms. The molecule has 0 aliphatic heterocycles. The van der Waals surface area contributed by atoms with Crippen LogP contribution in [0.5, 0.6) is 0 Å². The summed E-state index contributed by atoms with van der Waals surface area (Å²) in [6.45, 7) is 4.00. The molecule has 0 radical (unpaired) electrons. The van der Waals surface area contributed by atoms with Gasteiger partial charge in [0, 0.05) is 12.1 Å². The highest BCUT2D eigenvalue weighted by Crippen LogP contribution is 2.32. The maximum Gasteiger partial charge on any atom is 0.270 e. The van der Waals surface area contributed by atoms with E-state index in [9.17, 15) is 19.7 Å². The Morgan fingerprint density at radius 1 is 1.07 bits per heavy atom. The van der Waals surface area contributed by atoms with Crippen molar-refractivity contribution >= 4 is 34.1 Å². The number of nitro benzene ring substituents is 1. The van der Waals surface area contributed by atoms with Gasteiger partial charge in [-0.1, -0.05) is 49.7 Å². The van der Waals surface area contributed by atoms with E-state index in [4.69, 9.17) is 21.0 Å². The highest BCUT2D eigenvalue weighted by molar-refractivity contribution is 6.34. The topological polar surface area (TPSA) is 111 Å². The van der Waals surface area contributed by atoms with Gasteiger partial charge in [-0.15, -0.1) is 0 Å². The summed E-state index contributed by atoms with van der Waals surface area (Å²) < 4.78 is 7.14. The van der Waals surface area contributed by atoms with Crippen LogP contribution in [0, 0.1) is 10.1 Å². The van der Waals surface area contributed by atoms with Gasteiger partial charge in [-0.05, 0) is 60.9 Å². The summed E-state index contributed by atoms with van der Waals surface area (Å²) in [5, 5.41) is 11.7. The molecule has 0 bridgehead atoms. The van der Waals surface area contributed by atoms with E-state index < -0.39 is 16.9 Å². The molecule has 1 unspecified atom stereocenters. The number of halogens is 1. The Balaban J connectivity index is 1.72. The van der Waals surface area contributed by atoms with Crippen molar-refractivity contribution in [1.29, 1.82) is 0 Å². The number of hydrogen-bond donors (Lipinski definition) is 0. The summed E-state index contributed by atoms with van der Waals surface area (Å²) in [7, 11) is 0. The smallest absolute Gasteiger partial charge is 0.270 e. The van der Waals surface area contributed by atoms with Crippen molar-refractivity contribution in [2.24, 2.45) is 0 Å². The van der Waals surface area contributed by atoms with Crippen molar-refractivity contribution in [3.8, 4) is 5.69 Å². The number of non-ortho nitro benzene ring substituents is 1. The van der Waals surface area contributed by atoms with Gasteiger partial charge in [-0.3, -0.25) is 24.3 Å². The lowest BCUT2D eigenvalue weighted by Crippen LogP contribution is -2.38. The molecule has 0 saturated carbocycles. The van der Waals surface area contributed by atoms with Gasteiger partial charge < -0.3 is 9.32 Å². The maximum atomic E-state index is 14.1. The van der Waals surface area contributed by atoms with E-state index in [1.807, 2.05) is 37.3 Å². The first kappa shape index (κ1) is 27.8. The monoisotopic (exact) mass is 570 g/mol. The quantitative estimate of drug-likeness (QED) is 0.141.